The number of rotatable bonds is 5. The van der Waals surface area contributed by atoms with Gasteiger partial charge in [0.05, 0.1) is 29.9 Å². The first kappa shape index (κ1) is 25.6. The number of carbonyl (C=O) groups excluding carboxylic acids is 1. The Kier molecular flexibility index (Phi) is 6.54. The SMILES string of the molecule is CCOC(=O)C(OC(C)(C)C)c1c(C)cc2c(F)c(C#N)ccc2c1-c1ccc2c3c(ccnc13)CCO2. The average Bonchev–Trinajstić information content (AvgIpc) is 2.88. The Labute approximate surface area is 221 Å². The summed E-state index contributed by atoms with van der Waals surface area (Å²) in [5.41, 5.74) is 3.63. The summed E-state index contributed by atoms with van der Waals surface area (Å²) in [6.45, 7) is 9.94. The van der Waals surface area contributed by atoms with Crippen LogP contribution in [0.1, 0.15) is 56.1 Å². The molecule has 0 saturated heterocycles. The Morgan fingerprint density at radius 1 is 1.21 bits per heavy atom. The van der Waals surface area contributed by atoms with Crippen LogP contribution in [0.5, 0.6) is 5.75 Å². The second-order valence-electron chi connectivity index (χ2n) is 10.4. The third kappa shape index (κ3) is 4.35. The van der Waals surface area contributed by atoms with Crippen LogP contribution < -0.4 is 4.74 Å². The lowest BCUT2D eigenvalue weighted by atomic mass is 9.85. The smallest absolute Gasteiger partial charge is 0.339 e. The molecule has 0 radical (unpaired) electrons. The lowest BCUT2D eigenvalue weighted by molar-refractivity contribution is -0.166. The van der Waals surface area contributed by atoms with Crippen molar-refractivity contribution in [3.63, 3.8) is 0 Å². The van der Waals surface area contributed by atoms with Gasteiger partial charge in [-0.3, -0.25) is 4.98 Å². The van der Waals surface area contributed by atoms with E-state index < -0.39 is 23.5 Å². The monoisotopic (exact) mass is 512 g/mol. The van der Waals surface area contributed by atoms with Gasteiger partial charge in [0.25, 0.3) is 0 Å². The number of ether oxygens (including phenoxy) is 3. The van der Waals surface area contributed by atoms with E-state index in [1.54, 1.807) is 25.3 Å². The Morgan fingerprint density at radius 2 is 2.00 bits per heavy atom. The number of benzene rings is 3. The Bertz CT molecular complexity index is 1620. The molecular formula is C31H29FN2O4. The highest BCUT2D eigenvalue weighted by Gasteiger charge is 2.34. The van der Waals surface area contributed by atoms with Gasteiger partial charge in [-0.15, -0.1) is 0 Å². The van der Waals surface area contributed by atoms with Crippen molar-refractivity contribution < 1.29 is 23.4 Å². The molecule has 7 heteroatoms. The number of esters is 1. The van der Waals surface area contributed by atoms with Crippen molar-refractivity contribution in [1.29, 1.82) is 5.26 Å². The molecule has 5 rings (SSSR count). The molecule has 0 amide bonds. The lowest BCUT2D eigenvalue weighted by Gasteiger charge is -2.30. The molecule has 38 heavy (non-hydrogen) atoms. The van der Waals surface area contributed by atoms with E-state index in [0.29, 0.717) is 34.2 Å². The molecule has 4 aromatic rings. The molecule has 2 heterocycles. The zero-order valence-electron chi connectivity index (χ0n) is 22.1. The fraction of sp³-hybridized carbons (Fsp3) is 0.323. The van der Waals surface area contributed by atoms with Crippen molar-refractivity contribution in [3.05, 3.63) is 70.7 Å². The molecular weight excluding hydrogens is 483 g/mol. The predicted octanol–water partition coefficient (Wildman–Crippen LogP) is 6.73. The molecule has 1 aliphatic heterocycles. The number of pyridine rings is 1. The van der Waals surface area contributed by atoms with Crippen LogP contribution in [0.2, 0.25) is 0 Å². The van der Waals surface area contributed by atoms with Crippen molar-refractivity contribution in [2.24, 2.45) is 0 Å². The first-order valence-corrected chi connectivity index (χ1v) is 12.7. The molecule has 0 bridgehead atoms. The molecule has 0 fully saturated rings. The highest BCUT2D eigenvalue weighted by molar-refractivity contribution is 6.09. The minimum Gasteiger partial charge on any atom is -0.493 e. The first-order chi connectivity index (χ1) is 18.1. The average molecular weight is 513 g/mol. The second-order valence-corrected chi connectivity index (χ2v) is 10.4. The van der Waals surface area contributed by atoms with E-state index in [1.165, 1.54) is 6.07 Å². The van der Waals surface area contributed by atoms with E-state index in [9.17, 15) is 10.1 Å². The third-order valence-corrected chi connectivity index (χ3v) is 6.70. The van der Waals surface area contributed by atoms with E-state index in [0.717, 1.165) is 28.7 Å². The molecule has 1 aliphatic rings. The number of hydrogen-bond donors (Lipinski definition) is 0. The summed E-state index contributed by atoms with van der Waals surface area (Å²) in [5, 5.41) is 11.2. The van der Waals surface area contributed by atoms with Crippen molar-refractivity contribution >= 4 is 27.6 Å². The number of halogens is 1. The summed E-state index contributed by atoms with van der Waals surface area (Å²) < 4.78 is 33.3. The first-order valence-electron chi connectivity index (χ1n) is 12.7. The number of nitrogens with zero attached hydrogens (tertiary/aromatic N) is 2. The molecule has 6 nitrogen and oxygen atoms in total. The Balaban J connectivity index is 1.93. The highest BCUT2D eigenvalue weighted by atomic mass is 19.1. The molecule has 3 aromatic carbocycles. The van der Waals surface area contributed by atoms with Crippen LogP contribution in [-0.4, -0.2) is 29.8 Å². The molecule has 1 aromatic heterocycles. The summed E-state index contributed by atoms with van der Waals surface area (Å²) in [5.74, 6) is -0.397. The third-order valence-electron chi connectivity index (χ3n) is 6.70. The number of aromatic nitrogens is 1. The van der Waals surface area contributed by atoms with Gasteiger partial charge < -0.3 is 14.2 Å². The summed E-state index contributed by atoms with van der Waals surface area (Å²) >= 11 is 0. The van der Waals surface area contributed by atoms with Crippen LogP contribution in [-0.2, 0) is 20.7 Å². The number of carbonyl (C=O) groups is 1. The highest BCUT2D eigenvalue weighted by Crippen LogP contribution is 2.45. The molecule has 0 N–H and O–H groups in total. The summed E-state index contributed by atoms with van der Waals surface area (Å²) in [6.07, 6.45) is 1.43. The van der Waals surface area contributed by atoms with E-state index in [1.807, 2.05) is 52.0 Å². The molecule has 194 valence electrons. The van der Waals surface area contributed by atoms with Crippen molar-refractivity contribution in [2.75, 3.05) is 13.2 Å². The number of fused-ring (bicyclic) bond motifs is 1. The minimum atomic E-state index is -1.07. The zero-order chi connectivity index (χ0) is 27.2. The van der Waals surface area contributed by atoms with E-state index in [4.69, 9.17) is 19.2 Å². The molecule has 1 unspecified atom stereocenters. The fourth-order valence-corrected chi connectivity index (χ4v) is 5.20. The van der Waals surface area contributed by atoms with E-state index in [-0.39, 0.29) is 17.6 Å². The maximum absolute atomic E-state index is 15.6. The minimum absolute atomic E-state index is 0.0492. The molecule has 0 aliphatic carbocycles. The maximum Gasteiger partial charge on any atom is 0.339 e. The van der Waals surface area contributed by atoms with Crippen molar-refractivity contribution in [2.45, 2.75) is 52.7 Å². The van der Waals surface area contributed by atoms with Gasteiger partial charge in [-0.2, -0.15) is 5.26 Å². The van der Waals surface area contributed by atoms with Gasteiger partial charge in [-0.1, -0.05) is 6.07 Å². The van der Waals surface area contributed by atoms with Gasteiger partial charge >= 0.3 is 5.97 Å². The summed E-state index contributed by atoms with van der Waals surface area (Å²) in [4.78, 5) is 18.1. The van der Waals surface area contributed by atoms with Gasteiger partial charge in [-0.05, 0) is 87.0 Å². The summed E-state index contributed by atoms with van der Waals surface area (Å²) in [6, 6.07) is 12.6. The van der Waals surface area contributed by atoms with Crippen LogP contribution in [0, 0.1) is 24.1 Å². The van der Waals surface area contributed by atoms with E-state index >= 15 is 4.39 Å². The maximum atomic E-state index is 15.6. The summed E-state index contributed by atoms with van der Waals surface area (Å²) in [7, 11) is 0. The molecule has 0 spiro atoms. The van der Waals surface area contributed by atoms with Gasteiger partial charge in [-0.25, -0.2) is 9.18 Å². The predicted molar refractivity (Wildman–Crippen MR) is 144 cm³/mol. The Morgan fingerprint density at radius 3 is 2.71 bits per heavy atom. The van der Waals surface area contributed by atoms with E-state index in [2.05, 4.69) is 0 Å². The van der Waals surface area contributed by atoms with Crippen LogP contribution >= 0.6 is 0 Å². The van der Waals surface area contributed by atoms with Gasteiger partial charge in [0, 0.05) is 34.5 Å². The van der Waals surface area contributed by atoms with Crippen molar-refractivity contribution in [3.8, 4) is 22.9 Å². The van der Waals surface area contributed by atoms with Crippen LogP contribution in [0.25, 0.3) is 32.8 Å². The van der Waals surface area contributed by atoms with Gasteiger partial charge in [0.15, 0.2) is 6.10 Å². The van der Waals surface area contributed by atoms with Gasteiger partial charge in [0.2, 0.25) is 0 Å². The lowest BCUT2D eigenvalue weighted by Crippen LogP contribution is -2.29. The number of nitriles is 1. The van der Waals surface area contributed by atoms with Crippen LogP contribution in [0.3, 0.4) is 0 Å². The van der Waals surface area contributed by atoms with Gasteiger partial charge in [0.1, 0.15) is 17.6 Å². The topological polar surface area (TPSA) is 81.4 Å². The number of aryl methyl sites for hydroxylation is 1. The number of hydrogen-bond acceptors (Lipinski definition) is 6. The fourth-order valence-electron chi connectivity index (χ4n) is 5.20. The largest absolute Gasteiger partial charge is 0.493 e. The normalized spacial score (nSPS) is 13.7. The second kappa shape index (κ2) is 9.70. The zero-order valence-corrected chi connectivity index (χ0v) is 22.1. The molecule has 0 saturated carbocycles. The van der Waals surface area contributed by atoms with Crippen molar-refractivity contribution in [1.82, 2.24) is 4.98 Å². The standard InChI is InChI=1S/C31H29FN2O4/c1-6-36-30(35)29(38-31(3,4)5)24-17(2)15-22-20(8-7-19(16-33)27(22)32)26(24)21-9-10-23-25-18(12-14-37-23)11-13-34-28(21)25/h7-11,13,15,29H,6,12,14H2,1-5H3. The molecule has 1 atom stereocenters. The van der Waals surface area contributed by atoms with Crippen LogP contribution in [0.4, 0.5) is 4.39 Å². The quantitative estimate of drug-likeness (QED) is 0.276. The Hall–Kier alpha value is -4.02. The van der Waals surface area contributed by atoms with Crippen LogP contribution in [0.15, 0.2) is 42.6 Å².